The lowest BCUT2D eigenvalue weighted by Crippen LogP contribution is -2.09. The summed E-state index contributed by atoms with van der Waals surface area (Å²) in [7, 11) is 0. The Kier molecular flexibility index (Phi) is 3.73. The highest BCUT2D eigenvalue weighted by atomic mass is 79.9. The molecule has 0 fully saturated rings. The zero-order chi connectivity index (χ0) is 12.3. The van der Waals surface area contributed by atoms with Crippen LogP contribution >= 0.6 is 15.9 Å². The van der Waals surface area contributed by atoms with Gasteiger partial charge in [-0.2, -0.15) is 0 Å². The van der Waals surface area contributed by atoms with Gasteiger partial charge in [0.05, 0.1) is 25.1 Å². The van der Waals surface area contributed by atoms with Gasteiger partial charge in [-0.25, -0.2) is 4.68 Å². The first-order chi connectivity index (χ1) is 8.20. The maximum absolute atomic E-state index is 11.2. The number of esters is 1. The first kappa shape index (κ1) is 12.0. The van der Waals surface area contributed by atoms with Gasteiger partial charge in [-0.05, 0) is 25.1 Å². The Balaban J connectivity index is 2.13. The molecule has 0 aliphatic carbocycles. The Bertz CT molecular complexity index is 538. The van der Waals surface area contributed by atoms with Crippen molar-refractivity contribution in [2.75, 3.05) is 6.61 Å². The molecule has 5 nitrogen and oxygen atoms in total. The van der Waals surface area contributed by atoms with Gasteiger partial charge in [-0.15, -0.1) is 5.10 Å². The molecular formula is C11H12BrN3O2. The molecule has 6 heteroatoms. The number of hydrogen-bond acceptors (Lipinski definition) is 4. The molecule has 0 spiro atoms. The molecule has 0 aliphatic rings. The molecule has 1 aromatic carbocycles. The van der Waals surface area contributed by atoms with E-state index in [1.165, 1.54) is 0 Å². The van der Waals surface area contributed by atoms with Crippen molar-refractivity contribution in [3.05, 3.63) is 22.7 Å². The highest BCUT2D eigenvalue weighted by Crippen LogP contribution is 2.17. The molecule has 1 heterocycles. The number of rotatable bonds is 4. The van der Waals surface area contributed by atoms with Gasteiger partial charge in [0, 0.05) is 4.47 Å². The molecule has 2 aromatic rings. The van der Waals surface area contributed by atoms with Crippen LogP contribution in [0.15, 0.2) is 22.7 Å². The van der Waals surface area contributed by atoms with E-state index in [0.717, 1.165) is 15.5 Å². The van der Waals surface area contributed by atoms with E-state index in [2.05, 4.69) is 26.2 Å². The highest BCUT2D eigenvalue weighted by Gasteiger charge is 2.07. The summed E-state index contributed by atoms with van der Waals surface area (Å²) >= 11 is 3.40. The lowest BCUT2D eigenvalue weighted by atomic mass is 10.3. The van der Waals surface area contributed by atoms with Crippen LogP contribution in [-0.4, -0.2) is 27.6 Å². The summed E-state index contributed by atoms with van der Waals surface area (Å²) in [6, 6.07) is 5.72. The molecule has 90 valence electrons. The summed E-state index contributed by atoms with van der Waals surface area (Å²) in [5, 5.41) is 8.03. The minimum absolute atomic E-state index is 0.217. The number of benzene rings is 1. The van der Waals surface area contributed by atoms with Crippen LogP contribution in [0.2, 0.25) is 0 Å². The molecule has 0 saturated carbocycles. The van der Waals surface area contributed by atoms with Gasteiger partial charge in [0.15, 0.2) is 0 Å². The average Bonchev–Trinajstić information content (AvgIpc) is 2.69. The van der Waals surface area contributed by atoms with Crippen molar-refractivity contribution in [2.24, 2.45) is 0 Å². The molecule has 0 atom stereocenters. The highest BCUT2D eigenvalue weighted by molar-refractivity contribution is 9.10. The summed E-state index contributed by atoms with van der Waals surface area (Å²) in [4.78, 5) is 11.2. The molecular weight excluding hydrogens is 286 g/mol. The molecule has 0 saturated heterocycles. The van der Waals surface area contributed by atoms with Gasteiger partial charge < -0.3 is 4.74 Å². The Morgan fingerprint density at radius 2 is 2.35 bits per heavy atom. The van der Waals surface area contributed by atoms with Gasteiger partial charge >= 0.3 is 5.97 Å². The average molecular weight is 298 g/mol. The lowest BCUT2D eigenvalue weighted by Gasteiger charge is -2.02. The maximum Gasteiger partial charge on any atom is 0.307 e. The molecule has 17 heavy (non-hydrogen) atoms. The van der Waals surface area contributed by atoms with Crippen LogP contribution in [0.1, 0.15) is 13.3 Å². The van der Waals surface area contributed by atoms with Gasteiger partial charge in [0.25, 0.3) is 0 Å². The number of ether oxygens (including phenoxy) is 1. The van der Waals surface area contributed by atoms with Crippen LogP contribution in [0, 0.1) is 0 Å². The molecule has 0 unspecified atom stereocenters. The second-order valence-electron chi connectivity index (χ2n) is 3.50. The van der Waals surface area contributed by atoms with Gasteiger partial charge in [-0.1, -0.05) is 21.1 Å². The van der Waals surface area contributed by atoms with Gasteiger partial charge in [0.1, 0.15) is 5.52 Å². The van der Waals surface area contributed by atoms with Crippen LogP contribution in [-0.2, 0) is 16.1 Å². The van der Waals surface area contributed by atoms with E-state index >= 15 is 0 Å². The monoisotopic (exact) mass is 297 g/mol. The van der Waals surface area contributed by atoms with Gasteiger partial charge in [0.2, 0.25) is 0 Å². The van der Waals surface area contributed by atoms with Crippen molar-refractivity contribution in [1.82, 2.24) is 15.0 Å². The summed E-state index contributed by atoms with van der Waals surface area (Å²) in [5.74, 6) is -0.217. The zero-order valence-electron chi connectivity index (χ0n) is 9.39. The third-order valence-electron chi connectivity index (χ3n) is 2.31. The van der Waals surface area contributed by atoms with E-state index in [4.69, 9.17) is 4.74 Å². The standard InChI is InChI=1S/C11H12BrN3O2/c1-2-17-11(16)5-6-15-10-7-8(12)3-4-9(10)13-14-15/h3-4,7H,2,5-6H2,1H3. The molecule has 0 bridgehead atoms. The fourth-order valence-electron chi connectivity index (χ4n) is 1.53. The number of aromatic nitrogens is 3. The molecule has 0 N–H and O–H groups in total. The fraction of sp³-hybridized carbons (Fsp3) is 0.364. The number of nitrogens with zero attached hydrogens (tertiary/aromatic N) is 3. The third-order valence-corrected chi connectivity index (χ3v) is 2.80. The van der Waals surface area contributed by atoms with Crippen molar-refractivity contribution < 1.29 is 9.53 Å². The second-order valence-corrected chi connectivity index (χ2v) is 4.42. The lowest BCUT2D eigenvalue weighted by molar-refractivity contribution is -0.143. The van der Waals surface area contributed by atoms with Crippen molar-refractivity contribution in [2.45, 2.75) is 19.9 Å². The van der Waals surface area contributed by atoms with E-state index in [0.29, 0.717) is 19.6 Å². The Labute approximate surface area is 107 Å². The number of fused-ring (bicyclic) bond motifs is 1. The topological polar surface area (TPSA) is 57.0 Å². The van der Waals surface area contributed by atoms with E-state index < -0.39 is 0 Å². The SMILES string of the molecule is CCOC(=O)CCn1nnc2ccc(Br)cc21. The van der Waals surface area contributed by atoms with E-state index in [1.807, 2.05) is 18.2 Å². The Hall–Kier alpha value is -1.43. The van der Waals surface area contributed by atoms with E-state index in [-0.39, 0.29) is 5.97 Å². The summed E-state index contributed by atoms with van der Waals surface area (Å²) in [6.45, 7) is 2.67. The van der Waals surface area contributed by atoms with Crippen LogP contribution in [0.3, 0.4) is 0 Å². The second kappa shape index (κ2) is 5.27. The van der Waals surface area contributed by atoms with Gasteiger partial charge in [-0.3, -0.25) is 4.79 Å². The van der Waals surface area contributed by atoms with Crippen molar-refractivity contribution in [1.29, 1.82) is 0 Å². The number of carbonyl (C=O) groups excluding carboxylic acids is 1. The molecule has 1 aromatic heterocycles. The molecule has 0 amide bonds. The van der Waals surface area contributed by atoms with Crippen molar-refractivity contribution in [3.63, 3.8) is 0 Å². The number of hydrogen-bond donors (Lipinski definition) is 0. The minimum Gasteiger partial charge on any atom is -0.466 e. The summed E-state index contributed by atoms with van der Waals surface area (Å²) in [5.41, 5.74) is 1.72. The summed E-state index contributed by atoms with van der Waals surface area (Å²) < 4.78 is 7.53. The van der Waals surface area contributed by atoms with Crippen LogP contribution in [0.25, 0.3) is 11.0 Å². The Morgan fingerprint density at radius 1 is 1.53 bits per heavy atom. The predicted molar refractivity (Wildman–Crippen MR) is 66.5 cm³/mol. The maximum atomic E-state index is 11.2. The summed E-state index contributed by atoms with van der Waals surface area (Å²) in [6.07, 6.45) is 0.304. The molecule has 2 rings (SSSR count). The minimum atomic E-state index is -0.217. The first-order valence-corrected chi connectivity index (χ1v) is 6.14. The zero-order valence-corrected chi connectivity index (χ0v) is 11.0. The quantitative estimate of drug-likeness (QED) is 0.812. The third kappa shape index (κ3) is 2.82. The number of halogens is 1. The van der Waals surface area contributed by atoms with E-state index in [9.17, 15) is 4.79 Å². The predicted octanol–water partition coefficient (Wildman–Crippen LogP) is 2.15. The smallest absolute Gasteiger partial charge is 0.307 e. The van der Waals surface area contributed by atoms with Crippen LogP contribution in [0.4, 0.5) is 0 Å². The first-order valence-electron chi connectivity index (χ1n) is 5.35. The normalized spacial score (nSPS) is 10.7. The van der Waals surface area contributed by atoms with Crippen molar-refractivity contribution >= 4 is 32.9 Å². The molecule has 0 radical (unpaired) electrons. The largest absolute Gasteiger partial charge is 0.466 e. The van der Waals surface area contributed by atoms with Crippen LogP contribution < -0.4 is 0 Å². The fourth-order valence-corrected chi connectivity index (χ4v) is 1.88. The molecule has 0 aliphatic heterocycles. The van der Waals surface area contributed by atoms with Crippen molar-refractivity contribution in [3.8, 4) is 0 Å². The van der Waals surface area contributed by atoms with Crippen LogP contribution in [0.5, 0.6) is 0 Å². The number of carbonyl (C=O) groups is 1. The van der Waals surface area contributed by atoms with E-state index in [1.54, 1.807) is 11.6 Å². The Morgan fingerprint density at radius 3 is 3.12 bits per heavy atom. The number of aryl methyl sites for hydroxylation is 1.